The number of carbonyl (C=O) groups is 1. The average molecular weight is 492 g/mol. The van der Waals surface area contributed by atoms with Gasteiger partial charge in [-0.1, -0.05) is 47.7 Å². The molecule has 2 aromatic heterocycles. The number of piperazine rings is 1. The number of methoxy groups -OCH3 is 1. The van der Waals surface area contributed by atoms with Gasteiger partial charge in [-0.05, 0) is 47.5 Å². The fourth-order valence-electron chi connectivity index (χ4n) is 4.61. The third kappa shape index (κ3) is 4.35. The van der Waals surface area contributed by atoms with Gasteiger partial charge in [0, 0.05) is 31.7 Å². The Labute approximate surface area is 213 Å². The van der Waals surface area contributed by atoms with E-state index in [4.69, 9.17) is 4.74 Å². The maximum absolute atomic E-state index is 13.2. The van der Waals surface area contributed by atoms with Crippen LogP contribution in [0.5, 0.6) is 5.75 Å². The van der Waals surface area contributed by atoms with E-state index in [1.807, 2.05) is 71.6 Å². The van der Waals surface area contributed by atoms with Crippen molar-refractivity contribution in [1.29, 1.82) is 0 Å². The summed E-state index contributed by atoms with van der Waals surface area (Å²) in [6, 6.07) is 25.5. The smallest absolute Gasteiger partial charge is 0.253 e. The predicted molar refractivity (Wildman–Crippen MR) is 141 cm³/mol. The van der Waals surface area contributed by atoms with Gasteiger partial charge < -0.3 is 14.5 Å². The second-order valence-corrected chi connectivity index (χ2v) is 8.79. The van der Waals surface area contributed by atoms with Crippen molar-refractivity contribution in [2.75, 3.05) is 38.2 Å². The lowest BCUT2D eigenvalue weighted by Gasteiger charge is -2.35. The second kappa shape index (κ2) is 9.69. The van der Waals surface area contributed by atoms with Gasteiger partial charge in [0.1, 0.15) is 12.1 Å². The number of hydrogen-bond acceptors (Lipinski definition) is 7. The third-order valence-electron chi connectivity index (χ3n) is 6.64. The van der Waals surface area contributed by atoms with Crippen LogP contribution in [0.3, 0.4) is 0 Å². The van der Waals surface area contributed by atoms with Gasteiger partial charge in [0.05, 0.1) is 12.8 Å². The van der Waals surface area contributed by atoms with Crippen LogP contribution in [0.1, 0.15) is 10.4 Å². The van der Waals surface area contributed by atoms with E-state index >= 15 is 0 Å². The first kappa shape index (κ1) is 22.7. The van der Waals surface area contributed by atoms with Gasteiger partial charge in [0.15, 0.2) is 17.0 Å². The molecule has 6 rings (SSSR count). The third-order valence-corrected chi connectivity index (χ3v) is 6.64. The Hall–Kier alpha value is -4.79. The number of fused-ring (bicyclic) bond motifs is 1. The first-order chi connectivity index (χ1) is 18.2. The summed E-state index contributed by atoms with van der Waals surface area (Å²) in [6.45, 7) is 2.49. The van der Waals surface area contributed by atoms with Gasteiger partial charge in [-0.3, -0.25) is 4.79 Å². The molecule has 9 nitrogen and oxygen atoms in total. The van der Waals surface area contributed by atoms with Crippen molar-refractivity contribution in [3.8, 4) is 22.6 Å². The number of benzene rings is 3. The number of amides is 1. The average Bonchev–Trinajstić information content (AvgIpc) is 3.42. The molecule has 5 aromatic rings. The molecule has 1 aliphatic heterocycles. The number of hydrogen-bond donors (Lipinski definition) is 0. The zero-order valence-electron chi connectivity index (χ0n) is 20.4. The van der Waals surface area contributed by atoms with E-state index in [0.29, 0.717) is 42.9 Å². The standard InChI is InChI=1S/C28H25N7O2/c1-37-24-13-11-23(12-14-24)35-27-25(31-32-35)26(29-19-30-27)33-15-17-34(18-16-33)28(36)22-9-7-21(8-10-22)20-5-3-2-4-6-20/h2-14,19H,15-18H2,1H3. The molecule has 9 heteroatoms. The first-order valence-corrected chi connectivity index (χ1v) is 12.1. The van der Waals surface area contributed by atoms with Crippen LogP contribution in [-0.4, -0.2) is 69.1 Å². The molecule has 0 radical (unpaired) electrons. The van der Waals surface area contributed by atoms with Crippen LogP contribution < -0.4 is 9.64 Å². The van der Waals surface area contributed by atoms with Crippen LogP contribution in [0.25, 0.3) is 28.0 Å². The van der Waals surface area contributed by atoms with Gasteiger partial charge in [-0.2, -0.15) is 4.68 Å². The number of nitrogens with zero attached hydrogens (tertiary/aromatic N) is 7. The largest absolute Gasteiger partial charge is 0.497 e. The van der Waals surface area contributed by atoms with E-state index in [2.05, 4.69) is 37.3 Å². The maximum atomic E-state index is 13.2. The van der Waals surface area contributed by atoms with Crippen molar-refractivity contribution < 1.29 is 9.53 Å². The molecule has 1 saturated heterocycles. The Morgan fingerprint density at radius 1 is 0.811 bits per heavy atom. The number of carbonyl (C=O) groups excluding carboxylic acids is 1. The lowest BCUT2D eigenvalue weighted by atomic mass is 10.0. The minimum Gasteiger partial charge on any atom is -0.497 e. The molecule has 0 spiro atoms. The lowest BCUT2D eigenvalue weighted by Crippen LogP contribution is -2.49. The SMILES string of the molecule is COc1ccc(-n2nnc3c(N4CCN(C(=O)c5ccc(-c6ccccc6)cc5)CC4)ncnc32)cc1. The molecular weight excluding hydrogens is 466 g/mol. The van der Waals surface area contributed by atoms with Crippen LogP contribution in [0, 0.1) is 0 Å². The van der Waals surface area contributed by atoms with Crippen molar-refractivity contribution in [1.82, 2.24) is 29.9 Å². The van der Waals surface area contributed by atoms with Gasteiger partial charge in [-0.25, -0.2) is 9.97 Å². The lowest BCUT2D eigenvalue weighted by molar-refractivity contribution is 0.0746. The van der Waals surface area contributed by atoms with E-state index in [1.165, 1.54) is 6.33 Å². The van der Waals surface area contributed by atoms with Crippen LogP contribution in [0.2, 0.25) is 0 Å². The number of anilines is 1. The van der Waals surface area contributed by atoms with E-state index in [1.54, 1.807) is 11.8 Å². The van der Waals surface area contributed by atoms with Crippen LogP contribution >= 0.6 is 0 Å². The molecule has 1 fully saturated rings. The molecular formula is C28H25N7O2. The molecule has 3 aromatic carbocycles. The summed E-state index contributed by atoms with van der Waals surface area (Å²) in [4.78, 5) is 26.1. The van der Waals surface area contributed by atoms with Crippen LogP contribution in [-0.2, 0) is 0 Å². The second-order valence-electron chi connectivity index (χ2n) is 8.79. The van der Waals surface area contributed by atoms with E-state index in [9.17, 15) is 4.79 Å². The minimum absolute atomic E-state index is 0.0394. The highest BCUT2D eigenvalue weighted by Crippen LogP contribution is 2.25. The summed E-state index contributed by atoms with van der Waals surface area (Å²) in [7, 11) is 1.63. The number of rotatable bonds is 5. The molecule has 0 bridgehead atoms. The zero-order chi connectivity index (χ0) is 25.2. The molecule has 0 aliphatic carbocycles. The van der Waals surface area contributed by atoms with Gasteiger partial charge in [0.2, 0.25) is 0 Å². The summed E-state index contributed by atoms with van der Waals surface area (Å²) < 4.78 is 6.94. The number of aromatic nitrogens is 5. The highest BCUT2D eigenvalue weighted by molar-refractivity contribution is 5.95. The summed E-state index contributed by atoms with van der Waals surface area (Å²) in [5.74, 6) is 1.53. The quantitative estimate of drug-likeness (QED) is 0.369. The Balaban J connectivity index is 1.16. The van der Waals surface area contributed by atoms with E-state index < -0.39 is 0 Å². The van der Waals surface area contributed by atoms with Crippen molar-refractivity contribution in [3.63, 3.8) is 0 Å². The Kier molecular flexibility index (Phi) is 5.94. The first-order valence-electron chi connectivity index (χ1n) is 12.1. The molecule has 37 heavy (non-hydrogen) atoms. The molecule has 3 heterocycles. The Bertz CT molecular complexity index is 1530. The summed E-state index contributed by atoms with van der Waals surface area (Å²) in [6.07, 6.45) is 1.53. The van der Waals surface area contributed by atoms with Crippen LogP contribution in [0.15, 0.2) is 85.2 Å². The summed E-state index contributed by atoms with van der Waals surface area (Å²) in [5.41, 5.74) is 5.02. The highest BCUT2D eigenvalue weighted by Gasteiger charge is 2.25. The molecule has 184 valence electrons. The molecule has 1 amide bonds. The normalized spacial score (nSPS) is 13.6. The van der Waals surface area contributed by atoms with E-state index in [0.717, 1.165) is 28.4 Å². The van der Waals surface area contributed by atoms with Crippen molar-refractivity contribution in [3.05, 3.63) is 90.8 Å². The van der Waals surface area contributed by atoms with Crippen molar-refractivity contribution in [2.45, 2.75) is 0 Å². The highest BCUT2D eigenvalue weighted by atomic mass is 16.5. The summed E-state index contributed by atoms with van der Waals surface area (Å²) in [5, 5.41) is 8.70. The topological polar surface area (TPSA) is 89.3 Å². The zero-order valence-corrected chi connectivity index (χ0v) is 20.4. The predicted octanol–water partition coefficient (Wildman–Crippen LogP) is 3.85. The monoisotopic (exact) mass is 491 g/mol. The Morgan fingerprint density at radius 3 is 2.22 bits per heavy atom. The summed E-state index contributed by atoms with van der Waals surface area (Å²) >= 11 is 0. The van der Waals surface area contributed by atoms with Crippen molar-refractivity contribution in [2.24, 2.45) is 0 Å². The molecule has 0 unspecified atom stereocenters. The number of ether oxygens (including phenoxy) is 1. The molecule has 0 atom stereocenters. The minimum atomic E-state index is 0.0394. The van der Waals surface area contributed by atoms with Gasteiger partial charge in [0.25, 0.3) is 5.91 Å². The van der Waals surface area contributed by atoms with E-state index in [-0.39, 0.29) is 5.91 Å². The molecule has 0 N–H and O–H groups in total. The van der Waals surface area contributed by atoms with Crippen LogP contribution in [0.4, 0.5) is 5.82 Å². The molecule has 1 aliphatic rings. The van der Waals surface area contributed by atoms with Crippen molar-refractivity contribution >= 4 is 22.9 Å². The fraction of sp³-hybridized carbons (Fsp3) is 0.179. The van der Waals surface area contributed by atoms with Gasteiger partial charge >= 0.3 is 0 Å². The Morgan fingerprint density at radius 2 is 1.51 bits per heavy atom. The van der Waals surface area contributed by atoms with Gasteiger partial charge in [-0.15, -0.1) is 5.10 Å². The maximum Gasteiger partial charge on any atom is 0.253 e. The fourth-order valence-corrected chi connectivity index (χ4v) is 4.61. The molecule has 0 saturated carbocycles.